The molecule has 1 amide bonds. The monoisotopic (exact) mass is 359 g/mol. The van der Waals surface area contributed by atoms with Crippen LogP contribution in [-0.2, 0) is 4.79 Å². The van der Waals surface area contributed by atoms with Crippen LogP contribution in [0.3, 0.4) is 0 Å². The van der Waals surface area contributed by atoms with Crippen LogP contribution in [-0.4, -0.2) is 38.3 Å². The van der Waals surface area contributed by atoms with Crippen LogP contribution in [0.1, 0.15) is 28.4 Å². The van der Waals surface area contributed by atoms with Gasteiger partial charge >= 0.3 is 5.97 Å². The Morgan fingerprint density at radius 2 is 1.58 bits per heavy atom. The summed E-state index contributed by atoms with van der Waals surface area (Å²) in [5.41, 5.74) is 0.950. The van der Waals surface area contributed by atoms with E-state index in [0.717, 1.165) is 0 Å². The van der Waals surface area contributed by atoms with Gasteiger partial charge in [0.2, 0.25) is 0 Å². The third-order valence-corrected chi connectivity index (χ3v) is 3.86. The molecule has 0 aliphatic carbocycles. The molecule has 0 aromatic heterocycles. The first-order chi connectivity index (χ1) is 12.5. The number of carboxylic acids is 1. The highest BCUT2D eigenvalue weighted by Gasteiger charge is 2.21. The molecule has 0 aliphatic heterocycles. The van der Waals surface area contributed by atoms with E-state index in [2.05, 4.69) is 5.32 Å². The number of hydrogen-bond donors (Lipinski definition) is 2. The molecule has 0 heterocycles. The second-order valence-corrected chi connectivity index (χ2v) is 5.46. The van der Waals surface area contributed by atoms with Crippen molar-refractivity contribution < 1.29 is 28.9 Å². The number of hydrogen-bond acceptors (Lipinski definition) is 5. The Kier molecular flexibility index (Phi) is 6.43. The zero-order valence-corrected chi connectivity index (χ0v) is 14.8. The van der Waals surface area contributed by atoms with Crippen molar-refractivity contribution in [2.45, 2.75) is 12.5 Å². The summed E-state index contributed by atoms with van der Waals surface area (Å²) >= 11 is 0. The standard InChI is InChI=1S/C19H21NO6/c1-24-13-6-4-12(5-7-13)16(11-18(21)22)20-19(23)15-9-8-14(25-2)10-17(15)26-3/h4-10,16H,11H2,1-3H3,(H,20,23)(H,21,22). The van der Waals surface area contributed by atoms with Gasteiger partial charge in [-0.3, -0.25) is 9.59 Å². The summed E-state index contributed by atoms with van der Waals surface area (Å²) < 4.78 is 15.4. The molecule has 2 aromatic carbocycles. The van der Waals surface area contributed by atoms with Gasteiger partial charge in [-0.2, -0.15) is 0 Å². The number of carbonyl (C=O) groups is 2. The summed E-state index contributed by atoms with van der Waals surface area (Å²) in [6.07, 6.45) is -0.253. The van der Waals surface area contributed by atoms with Gasteiger partial charge in [0.05, 0.1) is 39.4 Å². The number of methoxy groups -OCH3 is 3. The van der Waals surface area contributed by atoms with Crippen LogP contribution in [0.15, 0.2) is 42.5 Å². The lowest BCUT2D eigenvalue weighted by molar-refractivity contribution is -0.137. The summed E-state index contributed by atoms with van der Waals surface area (Å²) in [4.78, 5) is 23.9. The molecule has 26 heavy (non-hydrogen) atoms. The van der Waals surface area contributed by atoms with Crippen LogP contribution in [0.4, 0.5) is 0 Å². The molecule has 7 nitrogen and oxygen atoms in total. The van der Waals surface area contributed by atoms with Crippen molar-refractivity contribution in [2.75, 3.05) is 21.3 Å². The largest absolute Gasteiger partial charge is 0.497 e. The van der Waals surface area contributed by atoms with Gasteiger partial charge in [-0.15, -0.1) is 0 Å². The Labute approximate surface area is 151 Å². The third-order valence-electron chi connectivity index (χ3n) is 3.86. The van der Waals surface area contributed by atoms with Crippen molar-refractivity contribution in [2.24, 2.45) is 0 Å². The molecule has 0 saturated carbocycles. The van der Waals surface area contributed by atoms with Crippen molar-refractivity contribution in [3.63, 3.8) is 0 Å². The van der Waals surface area contributed by atoms with Gasteiger partial charge in [0.15, 0.2) is 0 Å². The van der Waals surface area contributed by atoms with Gasteiger partial charge in [-0.05, 0) is 29.8 Å². The first-order valence-corrected chi connectivity index (χ1v) is 7.87. The summed E-state index contributed by atoms with van der Waals surface area (Å²) in [5, 5.41) is 11.9. The van der Waals surface area contributed by atoms with Crippen LogP contribution in [0.2, 0.25) is 0 Å². The predicted molar refractivity (Wildman–Crippen MR) is 95.0 cm³/mol. The lowest BCUT2D eigenvalue weighted by Crippen LogP contribution is -2.30. The zero-order chi connectivity index (χ0) is 19.1. The normalized spacial score (nSPS) is 11.3. The maximum atomic E-state index is 12.7. The molecule has 0 fully saturated rings. The molecule has 2 N–H and O–H groups in total. The fourth-order valence-corrected chi connectivity index (χ4v) is 2.49. The number of amides is 1. The van der Waals surface area contributed by atoms with Gasteiger partial charge in [-0.1, -0.05) is 12.1 Å². The molecule has 7 heteroatoms. The second-order valence-electron chi connectivity index (χ2n) is 5.46. The minimum absolute atomic E-state index is 0.253. The van der Waals surface area contributed by atoms with Gasteiger partial charge in [0, 0.05) is 6.07 Å². The van der Waals surface area contributed by atoms with E-state index in [0.29, 0.717) is 22.8 Å². The number of rotatable bonds is 8. The van der Waals surface area contributed by atoms with E-state index < -0.39 is 17.9 Å². The van der Waals surface area contributed by atoms with Gasteiger partial charge in [0.25, 0.3) is 5.91 Å². The number of carbonyl (C=O) groups excluding carboxylic acids is 1. The molecule has 138 valence electrons. The smallest absolute Gasteiger partial charge is 0.305 e. The maximum absolute atomic E-state index is 12.7. The number of carboxylic acid groups (broad SMARTS) is 1. The number of ether oxygens (including phenoxy) is 3. The molecular weight excluding hydrogens is 338 g/mol. The van der Waals surface area contributed by atoms with E-state index >= 15 is 0 Å². The van der Waals surface area contributed by atoms with E-state index in [1.54, 1.807) is 49.6 Å². The van der Waals surface area contributed by atoms with Crippen LogP contribution >= 0.6 is 0 Å². The minimum atomic E-state index is -1.02. The van der Waals surface area contributed by atoms with Gasteiger partial charge in [-0.25, -0.2) is 0 Å². The number of nitrogens with one attached hydrogen (secondary N) is 1. The molecule has 0 radical (unpaired) electrons. The Balaban J connectivity index is 2.27. The van der Waals surface area contributed by atoms with Crippen LogP contribution in [0.5, 0.6) is 17.2 Å². The van der Waals surface area contributed by atoms with Gasteiger partial charge in [0.1, 0.15) is 17.2 Å². The van der Waals surface area contributed by atoms with E-state index in [1.165, 1.54) is 14.2 Å². The SMILES string of the molecule is COc1ccc(C(CC(=O)O)NC(=O)c2ccc(OC)cc2OC)cc1. The summed E-state index contributed by atoms with van der Waals surface area (Å²) in [6.45, 7) is 0. The fraction of sp³-hybridized carbons (Fsp3) is 0.263. The molecule has 1 atom stereocenters. The van der Waals surface area contributed by atoms with Crippen molar-refractivity contribution in [3.8, 4) is 17.2 Å². The Morgan fingerprint density at radius 3 is 2.12 bits per heavy atom. The fourth-order valence-electron chi connectivity index (χ4n) is 2.49. The van der Waals surface area contributed by atoms with Crippen LogP contribution < -0.4 is 19.5 Å². The van der Waals surface area contributed by atoms with Gasteiger partial charge < -0.3 is 24.6 Å². The highest BCUT2D eigenvalue weighted by atomic mass is 16.5. The van der Waals surface area contributed by atoms with Crippen molar-refractivity contribution in [1.29, 1.82) is 0 Å². The Bertz CT molecular complexity index is 772. The summed E-state index contributed by atoms with van der Waals surface area (Å²) in [7, 11) is 4.51. The average Bonchev–Trinajstić information content (AvgIpc) is 2.66. The zero-order valence-electron chi connectivity index (χ0n) is 14.8. The maximum Gasteiger partial charge on any atom is 0.305 e. The average molecular weight is 359 g/mol. The van der Waals surface area contributed by atoms with Crippen LogP contribution in [0, 0.1) is 0 Å². The quantitative estimate of drug-likeness (QED) is 0.753. The highest BCUT2D eigenvalue weighted by molar-refractivity contribution is 5.97. The molecule has 0 spiro atoms. The van der Waals surface area contributed by atoms with E-state index in [1.807, 2.05) is 0 Å². The molecule has 2 aromatic rings. The van der Waals surface area contributed by atoms with E-state index in [9.17, 15) is 14.7 Å². The molecular formula is C19H21NO6. The molecule has 2 rings (SSSR count). The van der Waals surface area contributed by atoms with E-state index in [4.69, 9.17) is 14.2 Å². The lowest BCUT2D eigenvalue weighted by Gasteiger charge is -2.19. The Hall–Kier alpha value is -3.22. The van der Waals surface area contributed by atoms with Crippen molar-refractivity contribution >= 4 is 11.9 Å². The summed E-state index contributed by atoms with van der Waals surface area (Å²) in [6, 6.07) is 11.0. The minimum Gasteiger partial charge on any atom is -0.497 e. The third kappa shape index (κ3) is 4.66. The van der Waals surface area contributed by atoms with Crippen LogP contribution in [0.25, 0.3) is 0 Å². The molecule has 0 aliphatic rings. The predicted octanol–water partition coefficient (Wildman–Crippen LogP) is 2.66. The topological polar surface area (TPSA) is 94.1 Å². The van der Waals surface area contributed by atoms with E-state index in [-0.39, 0.29) is 12.0 Å². The first kappa shape index (κ1) is 19.1. The number of benzene rings is 2. The summed E-state index contributed by atoms with van der Waals surface area (Å²) in [5.74, 6) is 0.0756. The molecule has 1 unspecified atom stereocenters. The molecule has 0 bridgehead atoms. The van der Waals surface area contributed by atoms with Crippen molar-refractivity contribution in [3.05, 3.63) is 53.6 Å². The lowest BCUT2D eigenvalue weighted by atomic mass is 10.0. The number of aliphatic carboxylic acids is 1. The first-order valence-electron chi connectivity index (χ1n) is 7.87. The highest BCUT2D eigenvalue weighted by Crippen LogP contribution is 2.26. The van der Waals surface area contributed by atoms with Crippen molar-refractivity contribution in [1.82, 2.24) is 5.32 Å². The molecule has 0 saturated heterocycles. The second kappa shape index (κ2) is 8.75. The Morgan fingerprint density at radius 1 is 0.962 bits per heavy atom.